The fourth-order valence-corrected chi connectivity index (χ4v) is 2.15. The molecule has 2 heterocycles. The molecule has 3 aromatic rings. The Morgan fingerprint density at radius 2 is 1.95 bits per heavy atom. The van der Waals surface area contributed by atoms with E-state index in [4.69, 9.17) is 10.5 Å². The number of aromatic nitrogens is 2. The highest BCUT2D eigenvalue weighted by Crippen LogP contribution is 2.33. The monoisotopic (exact) mass is 269 g/mol. The van der Waals surface area contributed by atoms with Crippen LogP contribution in [0.4, 0.5) is 10.2 Å². The fourth-order valence-electron chi connectivity index (χ4n) is 2.15. The first kappa shape index (κ1) is 12.3. The molecule has 0 radical (unpaired) electrons. The zero-order chi connectivity index (χ0) is 14.1. The van der Waals surface area contributed by atoms with Crippen LogP contribution in [0.5, 0.6) is 5.75 Å². The number of nitrogen functional groups attached to an aromatic ring is 1. The highest BCUT2D eigenvalue weighted by Gasteiger charge is 2.12. The minimum Gasteiger partial charge on any atom is -0.496 e. The van der Waals surface area contributed by atoms with Crippen molar-refractivity contribution in [3.05, 3.63) is 48.7 Å². The maximum absolute atomic E-state index is 14.3. The minimum atomic E-state index is -0.352. The third kappa shape index (κ3) is 2.03. The van der Waals surface area contributed by atoms with Crippen molar-refractivity contribution >= 4 is 16.6 Å². The van der Waals surface area contributed by atoms with Gasteiger partial charge in [0.05, 0.1) is 7.11 Å². The zero-order valence-electron chi connectivity index (χ0n) is 10.8. The van der Waals surface area contributed by atoms with Crippen molar-refractivity contribution in [1.29, 1.82) is 0 Å². The van der Waals surface area contributed by atoms with Crippen LogP contribution < -0.4 is 10.5 Å². The van der Waals surface area contributed by atoms with Crippen molar-refractivity contribution in [3.63, 3.8) is 0 Å². The van der Waals surface area contributed by atoms with Crippen LogP contribution in [-0.4, -0.2) is 17.1 Å². The summed E-state index contributed by atoms with van der Waals surface area (Å²) >= 11 is 0. The zero-order valence-corrected chi connectivity index (χ0v) is 10.8. The molecule has 0 aliphatic heterocycles. The number of halogens is 1. The molecule has 2 N–H and O–H groups in total. The second-order valence-corrected chi connectivity index (χ2v) is 4.36. The number of hydrogen-bond donors (Lipinski definition) is 1. The van der Waals surface area contributed by atoms with Crippen LogP contribution in [0, 0.1) is 5.82 Å². The molecule has 0 aliphatic carbocycles. The predicted molar refractivity (Wildman–Crippen MR) is 75.9 cm³/mol. The third-order valence-electron chi connectivity index (χ3n) is 3.12. The number of methoxy groups -OCH3 is 1. The number of nitrogens with zero attached hydrogens (tertiary/aromatic N) is 2. The molecule has 0 unspecified atom stereocenters. The van der Waals surface area contributed by atoms with Crippen molar-refractivity contribution in [2.24, 2.45) is 0 Å². The summed E-state index contributed by atoms with van der Waals surface area (Å²) in [5, 5.41) is 1.52. The van der Waals surface area contributed by atoms with Crippen LogP contribution in [0.2, 0.25) is 0 Å². The second-order valence-electron chi connectivity index (χ2n) is 4.36. The highest BCUT2D eigenvalue weighted by molar-refractivity contribution is 5.89. The van der Waals surface area contributed by atoms with Gasteiger partial charge in [-0.1, -0.05) is 0 Å². The van der Waals surface area contributed by atoms with Crippen LogP contribution in [0.15, 0.2) is 42.9 Å². The van der Waals surface area contributed by atoms with Gasteiger partial charge in [-0.15, -0.1) is 0 Å². The summed E-state index contributed by atoms with van der Waals surface area (Å²) in [7, 11) is 1.54. The highest BCUT2D eigenvalue weighted by atomic mass is 19.1. The lowest BCUT2D eigenvalue weighted by Crippen LogP contribution is -1.93. The molecule has 0 saturated heterocycles. The number of benzene rings is 1. The molecule has 5 heteroatoms. The Hall–Kier alpha value is -2.69. The molecule has 2 aromatic heterocycles. The molecule has 0 spiro atoms. The van der Waals surface area contributed by atoms with E-state index in [1.165, 1.54) is 6.07 Å². The molecule has 20 heavy (non-hydrogen) atoms. The molecule has 0 amide bonds. The SMILES string of the molecule is COc1ccncc1-c1cc2cc(N)ncc2cc1F. The second kappa shape index (κ2) is 4.77. The lowest BCUT2D eigenvalue weighted by Gasteiger charge is -2.10. The van der Waals surface area contributed by atoms with Gasteiger partial charge in [-0.2, -0.15) is 0 Å². The van der Waals surface area contributed by atoms with Gasteiger partial charge in [0.1, 0.15) is 17.4 Å². The minimum absolute atomic E-state index is 0.352. The summed E-state index contributed by atoms with van der Waals surface area (Å²) in [6.07, 6.45) is 4.73. The summed E-state index contributed by atoms with van der Waals surface area (Å²) in [4.78, 5) is 7.98. The lowest BCUT2D eigenvalue weighted by molar-refractivity contribution is 0.415. The van der Waals surface area contributed by atoms with E-state index in [-0.39, 0.29) is 5.82 Å². The number of nitrogens with two attached hydrogens (primary N) is 1. The molecule has 3 rings (SSSR count). The number of ether oxygens (including phenoxy) is 1. The average molecular weight is 269 g/mol. The van der Waals surface area contributed by atoms with Gasteiger partial charge in [0, 0.05) is 35.1 Å². The maximum atomic E-state index is 14.3. The standard InChI is InChI=1S/C15H12FN3O/c1-20-14-2-3-18-8-12(14)11-4-9-6-15(17)19-7-10(9)5-13(11)16/h2-8H,1H3,(H2,17,19). The predicted octanol–water partition coefficient (Wildman–Crippen LogP) is 3.03. The van der Waals surface area contributed by atoms with Crippen LogP contribution >= 0.6 is 0 Å². The van der Waals surface area contributed by atoms with E-state index in [9.17, 15) is 4.39 Å². The van der Waals surface area contributed by atoms with Crippen molar-refractivity contribution < 1.29 is 9.13 Å². The first-order valence-corrected chi connectivity index (χ1v) is 6.02. The smallest absolute Gasteiger partial charge is 0.131 e. The van der Waals surface area contributed by atoms with Crippen LogP contribution in [0.25, 0.3) is 21.9 Å². The van der Waals surface area contributed by atoms with Gasteiger partial charge in [0.15, 0.2) is 0 Å². The van der Waals surface area contributed by atoms with Gasteiger partial charge in [0.2, 0.25) is 0 Å². The van der Waals surface area contributed by atoms with Crippen LogP contribution in [-0.2, 0) is 0 Å². The van der Waals surface area contributed by atoms with E-state index in [1.54, 1.807) is 43.9 Å². The number of anilines is 1. The van der Waals surface area contributed by atoms with Gasteiger partial charge in [-0.05, 0) is 29.7 Å². The largest absolute Gasteiger partial charge is 0.496 e. The number of pyridine rings is 2. The summed E-state index contributed by atoms with van der Waals surface area (Å²) < 4.78 is 19.5. The van der Waals surface area contributed by atoms with E-state index < -0.39 is 0 Å². The lowest BCUT2D eigenvalue weighted by atomic mass is 10.0. The Labute approximate surface area is 115 Å². The normalized spacial score (nSPS) is 10.7. The van der Waals surface area contributed by atoms with Gasteiger partial charge in [-0.25, -0.2) is 9.37 Å². The van der Waals surface area contributed by atoms with Gasteiger partial charge >= 0.3 is 0 Å². The summed E-state index contributed by atoms with van der Waals surface area (Å²) in [6.45, 7) is 0. The van der Waals surface area contributed by atoms with Gasteiger partial charge in [-0.3, -0.25) is 4.98 Å². The first-order chi connectivity index (χ1) is 9.69. The van der Waals surface area contributed by atoms with E-state index >= 15 is 0 Å². The summed E-state index contributed by atoms with van der Waals surface area (Å²) in [5.74, 6) is 0.615. The van der Waals surface area contributed by atoms with Crippen molar-refractivity contribution in [3.8, 4) is 16.9 Å². The Morgan fingerprint density at radius 3 is 2.75 bits per heavy atom. The molecule has 0 saturated carbocycles. The third-order valence-corrected chi connectivity index (χ3v) is 3.12. The van der Waals surface area contributed by atoms with E-state index in [0.29, 0.717) is 28.1 Å². The average Bonchev–Trinajstić information content (AvgIpc) is 2.47. The molecule has 1 aromatic carbocycles. The van der Waals surface area contributed by atoms with Crippen LogP contribution in [0.1, 0.15) is 0 Å². The fraction of sp³-hybridized carbons (Fsp3) is 0.0667. The number of rotatable bonds is 2. The van der Waals surface area contributed by atoms with E-state index in [0.717, 1.165) is 5.39 Å². The first-order valence-electron chi connectivity index (χ1n) is 6.02. The Morgan fingerprint density at radius 1 is 1.10 bits per heavy atom. The van der Waals surface area contributed by atoms with Crippen molar-refractivity contribution in [1.82, 2.24) is 9.97 Å². The van der Waals surface area contributed by atoms with E-state index in [1.807, 2.05) is 0 Å². The van der Waals surface area contributed by atoms with Crippen molar-refractivity contribution in [2.45, 2.75) is 0 Å². The molecule has 0 bridgehead atoms. The molecular weight excluding hydrogens is 257 g/mol. The van der Waals surface area contributed by atoms with Crippen LogP contribution in [0.3, 0.4) is 0 Å². The summed E-state index contributed by atoms with van der Waals surface area (Å²) in [6, 6.07) is 6.56. The quantitative estimate of drug-likeness (QED) is 0.776. The number of hydrogen-bond acceptors (Lipinski definition) is 4. The maximum Gasteiger partial charge on any atom is 0.131 e. The Kier molecular flexibility index (Phi) is 2.95. The molecular formula is C15H12FN3O. The van der Waals surface area contributed by atoms with E-state index in [2.05, 4.69) is 9.97 Å². The molecule has 0 atom stereocenters. The Bertz CT molecular complexity index is 789. The molecule has 4 nitrogen and oxygen atoms in total. The number of fused-ring (bicyclic) bond motifs is 1. The van der Waals surface area contributed by atoms with Gasteiger partial charge < -0.3 is 10.5 Å². The van der Waals surface area contributed by atoms with Crippen molar-refractivity contribution in [2.75, 3.05) is 12.8 Å². The topological polar surface area (TPSA) is 61.0 Å². The molecule has 100 valence electrons. The Balaban J connectivity index is 2.27. The molecule has 0 aliphatic rings. The molecule has 0 fully saturated rings. The van der Waals surface area contributed by atoms with Gasteiger partial charge in [0.25, 0.3) is 0 Å². The summed E-state index contributed by atoms with van der Waals surface area (Å²) in [5.41, 5.74) is 6.69.